The molecule has 6 nitrogen and oxygen atoms in total. The maximum absolute atomic E-state index is 11.1. The molecule has 4 unspecified atom stereocenters. The molecule has 106 valence electrons. The lowest BCUT2D eigenvalue weighted by Gasteiger charge is -2.45. The number of piperidine rings is 1. The van der Waals surface area contributed by atoms with Crippen LogP contribution in [0.1, 0.15) is 26.7 Å². The number of nitrogens with one attached hydrogen (secondary N) is 1. The average molecular weight is 260 g/mol. The molecule has 6 heteroatoms. The van der Waals surface area contributed by atoms with Crippen molar-refractivity contribution in [2.45, 2.75) is 51.0 Å². The Hall–Kier alpha value is -0.690. The van der Waals surface area contributed by atoms with Crippen LogP contribution in [-0.2, 0) is 4.79 Å². The highest BCUT2D eigenvalue weighted by Crippen LogP contribution is 2.19. The van der Waals surface area contributed by atoms with Crippen LogP contribution in [0, 0.1) is 0 Å². The molecule has 0 spiro atoms. The predicted molar refractivity (Wildman–Crippen MR) is 67.0 cm³/mol. The second-order valence-electron chi connectivity index (χ2n) is 4.89. The van der Waals surface area contributed by atoms with E-state index in [1.54, 1.807) is 0 Å². The lowest BCUT2D eigenvalue weighted by atomic mass is 9.92. The van der Waals surface area contributed by atoms with E-state index in [9.17, 15) is 20.1 Å². The number of aliphatic hydroxyl groups is 3. The summed E-state index contributed by atoms with van der Waals surface area (Å²) in [5.41, 5.74) is 0. The summed E-state index contributed by atoms with van der Waals surface area (Å²) in [5, 5.41) is 31.9. The lowest BCUT2D eigenvalue weighted by molar-refractivity contribution is -0.128. The summed E-state index contributed by atoms with van der Waals surface area (Å²) in [6, 6.07) is -0.950. The minimum Gasteiger partial charge on any atom is -0.395 e. The zero-order chi connectivity index (χ0) is 13.7. The van der Waals surface area contributed by atoms with Crippen molar-refractivity contribution in [2.75, 3.05) is 19.7 Å². The first-order valence-electron chi connectivity index (χ1n) is 6.49. The molecule has 1 saturated heterocycles. The van der Waals surface area contributed by atoms with Gasteiger partial charge in [0.15, 0.2) is 0 Å². The van der Waals surface area contributed by atoms with Crippen LogP contribution < -0.4 is 5.32 Å². The van der Waals surface area contributed by atoms with Crippen LogP contribution in [0.2, 0.25) is 0 Å². The third-order valence-corrected chi connectivity index (χ3v) is 3.43. The van der Waals surface area contributed by atoms with Crippen molar-refractivity contribution in [3.05, 3.63) is 0 Å². The van der Waals surface area contributed by atoms with Gasteiger partial charge >= 0.3 is 0 Å². The zero-order valence-corrected chi connectivity index (χ0v) is 11.0. The Morgan fingerprint density at radius 3 is 2.56 bits per heavy atom. The van der Waals surface area contributed by atoms with Crippen molar-refractivity contribution in [3.8, 4) is 0 Å². The molecular weight excluding hydrogens is 236 g/mol. The number of rotatable bonds is 5. The molecule has 4 atom stereocenters. The summed E-state index contributed by atoms with van der Waals surface area (Å²) in [4.78, 5) is 13.0. The van der Waals surface area contributed by atoms with Crippen molar-refractivity contribution in [1.29, 1.82) is 0 Å². The van der Waals surface area contributed by atoms with E-state index in [1.807, 2.05) is 4.90 Å². The van der Waals surface area contributed by atoms with Gasteiger partial charge < -0.3 is 20.6 Å². The molecule has 0 aromatic heterocycles. The minimum absolute atomic E-state index is 0.200. The molecular formula is C12H24N2O4. The fourth-order valence-electron chi connectivity index (χ4n) is 2.41. The number of carbonyl (C=O) groups is 1. The van der Waals surface area contributed by atoms with E-state index in [-0.39, 0.29) is 12.5 Å². The monoisotopic (exact) mass is 260 g/mol. The van der Waals surface area contributed by atoms with Gasteiger partial charge in [-0.1, -0.05) is 13.3 Å². The Morgan fingerprint density at radius 2 is 2.06 bits per heavy atom. The Bertz CT molecular complexity index is 275. The molecule has 0 aromatic rings. The maximum atomic E-state index is 11.1. The number of likely N-dealkylation sites (tertiary alicyclic amines) is 1. The van der Waals surface area contributed by atoms with Gasteiger partial charge in [0.05, 0.1) is 24.8 Å². The smallest absolute Gasteiger partial charge is 0.217 e. The van der Waals surface area contributed by atoms with Crippen molar-refractivity contribution in [1.82, 2.24) is 10.2 Å². The summed E-state index contributed by atoms with van der Waals surface area (Å²) in [7, 11) is 0. The summed E-state index contributed by atoms with van der Waals surface area (Å²) in [5.74, 6) is -0.232. The van der Waals surface area contributed by atoms with Crippen molar-refractivity contribution in [3.63, 3.8) is 0 Å². The normalized spacial score (nSPS) is 33.4. The van der Waals surface area contributed by atoms with Gasteiger partial charge in [0.2, 0.25) is 5.91 Å². The molecule has 0 aromatic carbocycles. The third-order valence-electron chi connectivity index (χ3n) is 3.43. The van der Waals surface area contributed by atoms with Crippen LogP contribution in [-0.4, -0.2) is 70.1 Å². The number of hydrogen-bond donors (Lipinski definition) is 4. The standard InChI is InChI=1S/C12H24N2O4/c1-3-4-5-14-6-9(13-8(2)16)11(17)12(18)10(14)7-15/h9-12,15,17-18H,3-7H2,1-2H3,(H,13,16). The van der Waals surface area contributed by atoms with E-state index < -0.39 is 24.3 Å². The highest BCUT2D eigenvalue weighted by atomic mass is 16.3. The van der Waals surface area contributed by atoms with Gasteiger partial charge in [0, 0.05) is 13.5 Å². The van der Waals surface area contributed by atoms with Crippen molar-refractivity contribution in [2.24, 2.45) is 0 Å². The number of unbranched alkanes of at least 4 members (excludes halogenated alkanes) is 1. The first-order valence-corrected chi connectivity index (χ1v) is 6.49. The molecule has 0 radical (unpaired) electrons. The molecule has 4 N–H and O–H groups in total. The Kier molecular flexibility index (Phi) is 6.01. The summed E-state index contributed by atoms with van der Waals surface area (Å²) < 4.78 is 0. The Balaban J connectivity index is 2.72. The first-order chi connectivity index (χ1) is 8.51. The van der Waals surface area contributed by atoms with Crippen LogP contribution in [0.3, 0.4) is 0 Å². The molecule has 0 saturated carbocycles. The summed E-state index contributed by atoms with van der Waals surface area (Å²) >= 11 is 0. The number of hydrogen-bond acceptors (Lipinski definition) is 5. The minimum atomic E-state index is -1.04. The second kappa shape index (κ2) is 7.04. The van der Waals surface area contributed by atoms with Crippen LogP contribution in [0.4, 0.5) is 0 Å². The molecule has 0 bridgehead atoms. The molecule has 1 amide bonds. The van der Waals surface area contributed by atoms with Crippen molar-refractivity contribution < 1.29 is 20.1 Å². The topological polar surface area (TPSA) is 93.0 Å². The van der Waals surface area contributed by atoms with Crippen LogP contribution in [0.5, 0.6) is 0 Å². The van der Waals surface area contributed by atoms with Gasteiger partial charge in [-0.15, -0.1) is 0 Å². The molecule has 1 aliphatic heterocycles. The first kappa shape index (κ1) is 15.4. The number of carbonyl (C=O) groups excluding carboxylic acids is 1. The molecule has 1 heterocycles. The quantitative estimate of drug-likeness (QED) is 0.492. The van der Waals surface area contributed by atoms with E-state index in [2.05, 4.69) is 12.2 Å². The average Bonchev–Trinajstić information content (AvgIpc) is 2.32. The zero-order valence-electron chi connectivity index (χ0n) is 11.0. The van der Waals surface area contributed by atoms with Gasteiger partial charge in [-0.3, -0.25) is 9.69 Å². The van der Waals surface area contributed by atoms with Crippen LogP contribution in [0.25, 0.3) is 0 Å². The Morgan fingerprint density at radius 1 is 1.39 bits per heavy atom. The van der Waals surface area contributed by atoms with Gasteiger partial charge in [-0.25, -0.2) is 0 Å². The lowest BCUT2D eigenvalue weighted by Crippen LogP contribution is -2.66. The number of aliphatic hydroxyl groups excluding tert-OH is 3. The molecule has 0 aliphatic carbocycles. The summed E-state index contributed by atoms with van der Waals surface area (Å²) in [6.07, 6.45) is -0.120. The fraction of sp³-hybridized carbons (Fsp3) is 0.917. The number of amides is 1. The highest BCUT2D eigenvalue weighted by molar-refractivity contribution is 5.73. The molecule has 1 fully saturated rings. The van der Waals surface area contributed by atoms with Gasteiger partial charge in [-0.05, 0) is 13.0 Å². The third kappa shape index (κ3) is 3.65. The van der Waals surface area contributed by atoms with E-state index in [4.69, 9.17) is 0 Å². The van der Waals surface area contributed by atoms with Crippen molar-refractivity contribution >= 4 is 5.91 Å². The highest BCUT2D eigenvalue weighted by Gasteiger charge is 2.41. The second-order valence-corrected chi connectivity index (χ2v) is 4.89. The van der Waals surface area contributed by atoms with E-state index in [0.717, 1.165) is 19.4 Å². The van der Waals surface area contributed by atoms with Crippen LogP contribution >= 0.6 is 0 Å². The molecule has 1 rings (SSSR count). The van der Waals surface area contributed by atoms with Gasteiger partial charge in [-0.2, -0.15) is 0 Å². The summed E-state index contributed by atoms with van der Waals surface area (Å²) in [6.45, 7) is 4.43. The molecule has 18 heavy (non-hydrogen) atoms. The SMILES string of the molecule is CCCCN1CC(NC(C)=O)C(O)C(O)C1CO. The number of nitrogens with zero attached hydrogens (tertiary/aromatic N) is 1. The maximum Gasteiger partial charge on any atom is 0.217 e. The van der Waals surface area contributed by atoms with E-state index in [1.165, 1.54) is 6.92 Å². The molecule has 1 aliphatic rings. The largest absolute Gasteiger partial charge is 0.395 e. The van der Waals surface area contributed by atoms with Gasteiger partial charge in [0.1, 0.15) is 6.10 Å². The van der Waals surface area contributed by atoms with Gasteiger partial charge in [0.25, 0.3) is 0 Å². The van der Waals surface area contributed by atoms with Crippen LogP contribution in [0.15, 0.2) is 0 Å². The Labute approximate surface area is 108 Å². The van der Waals surface area contributed by atoms with E-state index >= 15 is 0 Å². The van der Waals surface area contributed by atoms with E-state index in [0.29, 0.717) is 6.54 Å². The fourth-order valence-corrected chi connectivity index (χ4v) is 2.41. The predicted octanol–water partition coefficient (Wildman–Crippen LogP) is -1.31.